The predicted octanol–water partition coefficient (Wildman–Crippen LogP) is 3.29. The van der Waals surface area contributed by atoms with E-state index in [1.54, 1.807) is 30.3 Å². The standard InChI is InChI=1S/C17H13N3O5S/c1-25-13-4-2-3-10(16(13)21)9-18-19-17(22)15-8-11-7-12(20(23)24)5-6-14(11)26-15/h2-9,21H,1H3,(H,19,22)/b18-9+. The molecule has 0 unspecified atom stereocenters. The molecule has 1 amide bonds. The lowest BCUT2D eigenvalue weighted by Crippen LogP contribution is -2.16. The number of nitro groups is 1. The number of methoxy groups -OCH3 is 1. The topological polar surface area (TPSA) is 114 Å². The van der Waals surface area contributed by atoms with Crippen LogP contribution in [-0.2, 0) is 0 Å². The maximum absolute atomic E-state index is 12.2. The molecule has 0 bridgehead atoms. The first-order valence-corrected chi connectivity index (χ1v) is 8.18. The van der Waals surface area contributed by atoms with Crippen molar-refractivity contribution in [1.29, 1.82) is 0 Å². The van der Waals surface area contributed by atoms with Crippen molar-refractivity contribution in [1.82, 2.24) is 5.43 Å². The van der Waals surface area contributed by atoms with Crippen LogP contribution in [0, 0.1) is 10.1 Å². The van der Waals surface area contributed by atoms with E-state index in [0.717, 1.165) is 4.70 Å². The predicted molar refractivity (Wildman–Crippen MR) is 98.2 cm³/mol. The van der Waals surface area contributed by atoms with Gasteiger partial charge in [0.25, 0.3) is 11.6 Å². The number of fused-ring (bicyclic) bond motifs is 1. The molecule has 132 valence electrons. The number of hydrazone groups is 1. The second-order valence-electron chi connectivity index (χ2n) is 5.19. The Hall–Kier alpha value is -3.46. The van der Waals surface area contributed by atoms with Crippen LogP contribution in [-0.4, -0.2) is 29.3 Å². The molecule has 0 atom stereocenters. The lowest BCUT2D eigenvalue weighted by atomic mass is 10.2. The molecule has 0 fully saturated rings. The number of phenols is 1. The van der Waals surface area contributed by atoms with Gasteiger partial charge in [-0.2, -0.15) is 5.10 Å². The molecule has 0 aliphatic heterocycles. The minimum Gasteiger partial charge on any atom is -0.504 e. The summed E-state index contributed by atoms with van der Waals surface area (Å²) in [7, 11) is 1.43. The van der Waals surface area contributed by atoms with Crippen molar-refractivity contribution in [3.8, 4) is 11.5 Å². The lowest BCUT2D eigenvalue weighted by molar-refractivity contribution is -0.384. The van der Waals surface area contributed by atoms with Crippen molar-refractivity contribution in [2.24, 2.45) is 5.10 Å². The number of nitrogens with zero attached hydrogens (tertiary/aromatic N) is 2. The van der Waals surface area contributed by atoms with Crippen LogP contribution in [0.2, 0.25) is 0 Å². The monoisotopic (exact) mass is 371 g/mol. The number of amides is 1. The van der Waals surface area contributed by atoms with Crippen LogP contribution in [0.5, 0.6) is 11.5 Å². The average Bonchev–Trinajstić information content (AvgIpc) is 3.06. The molecule has 0 radical (unpaired) electrons. The molecule has 1 heterocycles. The summed E-state index contributed by atoms with van der Waals surface area (Å²) >= 11 is 1.20. The summed E-state index contributed by atoms with van der Waals surface area (Å²) in [5, 5.41) is 25.2. The zero-order valence-corrected chi connectivity index (χ0v) is 14.3. The molecule has 8 nitrogen and oxygen atoms in total. The fourth-order valence-electron chi connectivity index (χ4n) is 2.28. The average molecular weight is 371 g/mol. The van der Waals surface area contributed by atoms with Gasteiger partial charge in [-0.15, -0.1) is 11.3 Å². The Kier molecular flexibility index (Phi) is 4.81. The Morgan fingerprint density at radius 1 is 1.35 bits per heavy atom. The Bertz CT molecular complexity index is 1030. The fraction of sp³-hybridized carbons (Fsp3) is 0.0588. The molecule has 0 aliphatic rings. The van der Waals surface area contributed by atoms with Gasteiger partial charge in [-0.05, 0) is 24.3 Å². The summed E-state index contributed by atoms with van der Waals surface area (Å²) < 4.78 is 5.76. The first kappa shape index (κ1) is 17.4. The van der Waals surface area contributed by atoms with Gasteiger partial charge in [0.15, 0.2) is 11.5 Å². The van der Waals surface area contributed by atoms with Crippen LogP contribution < -0.4 is 10.2 Å². The zero-order valence-electron chi connectivity index (χ0n) is 13.5. The molecule has 1 aromatic heterocycles. The number of benzene rings is 2. The van der Waals surface area contributed by atoms with Gasteiger partial charge in [-0.25, -0.2) is 5.43 Å². The van der Waals surface area contributed by atoms with Gasteiger partial charge in [0.2, 0.25) is 0 Å². The largest absolute Gasteiger partial charge is 0.504 e. The molecule has 0 spiro atoms. The number of rotatable bonds is 5. The van der Waals surface area contributed by atoms with Crippen molar-refractivity contribution < 1.29 is 19.6 Å². The van der Waals surface area contributed by atoms with E-state index in [0.29, 0.717) is 21.6 Å². The van der Waals surface area contributed by atoms with Crippen LogP contribution in [0.4, 0.5) is 5.69 Å². The van der Waals surface area contributed by atoms with Crippen LogP contribution in [0.3, 0.4) is 0 Å². The molecular formula is C17H13N3O5S. The van der Waals surface area contributed by atoms with E-state index in [9.17, 15) is 20.0 Å². The smallest absolute Gasteiger partial charge is 0.281 e. The van der Waals surface area contributed by atoms with E-state index in [2.05, 4.69) is 10.5 Å². The number of ether oxygens (including phenoxy) is 1. The van der Waals surface area contributed by atoms with E-state index in [-0.39, 0.29) is 11.4 Å². The molecule has 3 aromatic rings. The van der Waals surface area contributed by atoms with E-state index < -0.39 is 10.8 Å². The van der Waals surface area contributed by atoms with Gasteiger partial charge in [0, 0.05) is 27.8 Å². The second-order valence-corrected chi connectivity index (χ2v) is 6.27. The van der Waals surface area contributed by atoms with Gasteiger partial charge in [0.1, 0.15) is 0 Å². The highest BCUT2D eigenvalue weighted by atomic mass is 32.1. The third-order valence-corrected chi connectivity index (χ3v) is 4.67. The summed E-state index contributed by atoms with van der Waals surface area (Å²) in [5.74, 6) is -0.235. The summed E-state index contributed by atoms with van der Waals surface area (Å²) in [6, 6.07) is 10.9. The number of para-hydroxylation sites is 1. The third-order valence-electron chi connectivity index (χ3n) is 3.55. The van der Waals surface area contributed by atoms with Crippen molar-refractivity contribution in [2.45, 2.75) is 0 Å². The zero-order chi connectivity index (χ0) is 18.7. The molecule has 0 aliphatic carbocycles. The summed E-state index contributed by atoms with van der Waals surface area (Å²) in [6.45, 7) is 0. The third kappa shape index (κ3) is 3.47. The molecular weight excluding hydrogens is 358 g/mol. The number of nitro benzene ring substituents is 1. The number of hydrogen-bond donors (Lipinski definition) is 2. The van der Waals surface area contributed by atoms with Gasteiger partial charge >= 0.3 is 0 Å². The molecule has 9 heteroatoms. The van der Waals surface area contributed by atoms with E-state index in [4.69, 9.17) is 4.74 Å². The summed E-state index contributed by atoms with van der Waals surface area (Å²) in [5.41, 5.74) is 2.72. The number of aromatic hydroxyl groups is 1. The van der Waals surface area contributed by atoms with Crippen molar-refractivity contribution in [2.75, 3.05) is 7.11 Å². The maximum Gasteiger partial charge on any atom is 0.281 e. The Balaban J connectivity index is 1.76. The van der Waals surface area contributed by atoms with Crippen molar-refractivity contribution in [3.05, 3.63) is 63.0 Å². The number of hydrogen-bond acceptors (Lipinski definition) is 7. The first-order valence-electron chi connectivity index (χ1n) is 7.37. The number of nitrogens with one attached hydrogen (secondary N) is 1. The van der Waals surface area contributed by atoms with Gasteiger partial charge in [-0.3, -0.25) is 14.9 Å². The van der Waals surface area contributed by atoms with Crippen LogP contribution in [0.1, 0.15) is 15.2 Å². The minimum absolute atomic E-state index is 0.0335. The molecule has 0 saturated heterocycles. The molecule has 26 heavy (non-hydrogen) atoms. The van der Waals surface area contributed by atoms with E-state index >= 15 is 0 Å². The molecule has 0 saturated carbocycles. The summed E-state index contributed by atoms with van der Waals surface area (Å²) in [4.78, 5) is 22.9. The first-order chi connectivity index (χ1) is 12.5. The highest BCUT2D eigenvalue weighted by molar-refractivity contribution is 7.20. The molecule has 3 rings (SSSR count). The number of phenolic OH excluding ortho intramolecular Hbond substituents is 1. The van der Waals surface area contributed by atoms with Gasteiger partial charge in [0.05, 0.1) is 23.1 Å². The van der Waals surface area contributed by atoms with Crippen molar-refractivity contribution >= 4 is 39.2 Å². The SMILES string of the molecule is COc1cccc(/C=N/NC(=O)c2cc3cc([N+](=O)[O-])ccc3s2)c1O. The Morgan fingerprint density at radius 2 is 2.15 bits per heavy atom. The number of carbonyl (C=O) groups is 1. The normalized spacial score (nSPS) is 11.0. The van der Waals surface area contributed by atoms with E-state index in [1.807, 2.05) is 0 Å². The maximum atomic E-state index is 12.2. The number of carbonyl (C=O) groups excluding carboxylic acids is 1. The van der Waals surface area contributed by atoms with Crippen LogP contribution >= 0.6 is 11.3 Å². The lowest BCUT2D eigenvalue weighted by Gasteiger charge is -2.04. The second kappa shape index (κ2) is 7.19. The number of thiophene rings is 1. The minimum atomic E-state index is -0.484. The van der Waals surface area contributed by atoms with Crippen LogP contribution in [0.25, 0.3) is 10.1 Å². The van der Waals surface area contributed by atoms with Gasteiger partial charge in [-0.1, -0.05) is 6.07 Å². The highest BCUT2D eigenvalue weighted by Gasteiger charge is 2.13. The molecule has 2 aromatic carbocycles. The summed E-state index contributed by atoms with van der Waals surface area (Å²) in [6.07, 6.45) is 1.30. The van der Waals surface area contributed by atoms with Gasteiger partial charge < -0.3 is 9.84 Å². The van der Waals surface area contributed by atoms with Crippen molar-refractivity contribution in [3.63, 3.8) is 0 Å². The fourth-order valence-corrected chi connectivity index (χ4v) is 3.21. The molecule has 2 N–H and O–H groups in total. The number of non-ortho nitro benzene ring substituents is 1. The Labute approximate surface area is 151 Å². The van der Waals surface area contributed by atoms with E-state index in [1.165, 1.54) is 36.8 Å². The highest BCUT2D eigenvalue weighted by Crippen LogP contribution is 2.29. The Morgan fingerprint density at radius 3 is 2.88 bits per heavy atom. The van der Waals surface area contributed by atoms with Crippen LogP contribution in [0.15, 0.2) is 47.6 Å². The quantitative estimate of drug-likeness (QED) is 0.406.